The molecular formula is C11H12FNO2. The maximum absolute atomic E-state index is 13.0. The quantitative estimate of drug-likeness (QED) is 0.731. The lowest BCUT2D eigenvalue weighted by atomic mass is 9.86. The summed E-state index contributed by atoms with van der Waals surface area (Å²) in [5.74, 6) is -1.76. The van der Waals surface area contributed by atoms with E-state index in [0.717, 1.165) is 5.56 Å². The molecular weight excluding hydrogens is 197 g/mol. The molecule has 1 aromatic rings. The van der Waals surface area contributed by atoms with Gasteiger partial charge in [0, 0.05) is 0 Å². The molecule has 0 saturated heterocycles. The Labute approximate surface area is 86.7 Å². The fraction of sp³-hybridized carbons (Fsp3) is 0.364. The number of fused-ring (bicyclic) bond motifs is 1. The largest absolute Gasteiger partial charge is 0.480 e. The highest BCUT2D eigenvalue weighted by Crippen LogP contribution is 2.39. The summed E-state index contributed by atoms with van der Waals surface area (Å²) in [6.45, 7) is 1.77. The Kier molecular flexibility index (Phi) is 2.04. The van der Waals surface area contributed by atoms with Gasteiger partial charge in [0.1, 0.15) is 11.4 Å². The lowest BCUT2D eigenvalue weighted by Crippen LogP contribution is -2.47. The summed E-state index contributed by atoms with van der Waals surface area (Å²) < 4.78 is 13.0. The summed E-state index contributed by atoms with van der Waals surface area (Å²) in [4.78, 5) is 11.2. The molecule has 0 saturated carbocycles. The van der Waals surface area contributed by atoms with Crippen LogP contribution in [0.25, 0.3) is 0 Å². The van der Waals surface area contributed by atoms with E-state index in [9.17, 15) is 9.18 Å². The number of benzene rings is 1. The van der Waals surface area contributed by atoms with Crippen molar-refractivity contribution in [3.8, 4) is 0 Å². The molecule has 2 atom stereocenters. The standard InChI is InChI=1S/C11H12FNO2/c1-6-4-7-2-3-8(12)5-9(7)11(6,13)10(14)15/h2-3,5-6H,4,13H2,1H3,(H,14,15). The average molecular weight is 209 g/mol. The number of carboxylic acids is 1. The molecule has 0 spiro atoms. The molecule has 0 aromatic heterocycles. The summed E-state index contributed by atoms with van der Waals surface area (Å²) in [7, 11) is 0. The summed E-state index contributed by atoms with van der Waals surface area (Å²) in [5, 5.41) is 9.13. The van der Waals surface area contributed by atoms with Gasteiger partial charge in [0.25, 0.3) is 0 Å². The molecule has 1 aromatic carbocycles. The summed E-state index contributed by atoms with van der Waals surface area (Å²) >= 11 is 0. The zero-order chi connectivity index (χ0) is 11.2. The molecule has 2 rings (SSSR count). The van der Waals surface area contributed by atoms with Crippen LogP contribution >= 0.6 is 0 Å². The highest BCUT2D eigenvalue weighted by atomic mass is 19.1. The number of hydrogen-bond donors (Lipinski definition) is 2. The fourth-order valence-electron chi connectivity index (χ4n) is 2.19. The lowest BCUT2D eigenvalue weighted by molar-refractivity contribution is -0.145. The Balaban J connectivity index is 2.62. The first-order valence-electron chi connectivity index (χ1n) is 4.77. The summed E-state index contributed by atoms with van der Waals surface area (Å²) in [6, 6.07) is 4.17. The van der Waals surface area contributed by atoms with Gasteiger partial charge >= 0.3 is 5.97 Å². The van der Waals surface area contributed by atoms with E-state index in [2.05, 4.69) is 0 Å². The maximum Gasteiger partial charge on any atom is 0.328 e. The van der Waals surface area contributed by atoms with Crippen LogP contribution in [0.1, 0.15) is 18.1 Å². The van der Waals surface area contributed by atoms with Crippen molar-refractivity contribution in [2.45, 2.75) is 18.9 Å². The number of halogens is 1. The fourth-order valence-corrected chi connectivity index (χ4v) is 2.19. The van der Waals surface area contributed by atoms with E-state index < -0.39 is 17.3 Å². The van der Waals surface area contributed by atoms with Crippen molar-refractivity contribution in [2.75, 3.05) is 0 Å². The molecule has 1 aliphatic carbocycles. The van der Waals surface area contributed by atoms with Crippen LogP contribution in [-0.2, 0) is 16.8 Å². The smallest absolute Gasteiger partial charge is 0.328 e. The average Bonchev–Trinajstić information content (AvgIpc) is 2.42. The van der Waals surface area contributed by atoms with Gasteiger partial charge < -0.3 is 10.8 Å². The molecule has 15 heavy (non-hydrogen) atoms. The Morgan fingerprint density at radius 2 is 2.33 bits per heavy atom. The number of aliphatic carboxylic acids is 1. The van der Waals surface area contributed by atoms with Gasteiger partial charge in [0.15, 0.2) is 0 Å². The van der Waals surface area contributed by atoms with Gasteiger partial charge in [-0.1, -0.05) is 13.0 Å². The molecule has 1 aliphatic rings. The number of hydrogen-bond acceptors (Lipinski definition) is 2. The number of carboxylic acid groups (broad SMARTS) is 1. The molecule has 0 radical (unpaired) electrons. The van der Waals surface area contributed by atoms with Crippen molar-refractivity contribution < 1.29 is 14.3 Å². The highest BCUT2D eigenvalue weighted by Gasteiger charge is 2.47. The second-order valence-electron chi connectivity index (χ2n) is 4.08. The molecule has 0 aliphatic heterocycles. The van der Waals surface area contributed by atoms with Crippen molar-refractivity contribution in [1.82, 2.24) is 0 Å². The van der Waals surface area contributed by atoms with Crippen molar-refractivity contribution in [1.29, 1.82) is 0 Å². The van der Waals surface area contributed by atoms with Crippen LogP contribution in [0.2, 0.25) is 0 Å². The van der Waals surface area contributed by atoms with Crippen LogP contribution < -0.4 is 5.73 Å². The first-order valence-corrected chi connectivity index (χ1v) is 4.77. The zero-order valence-corrected chi connectivity index (χ0v) is 8.33. The molecule has 0 fully saturated rings. The summed E-state index contributed by atoms with van der Waals surface area (Å²) in [5.41, 5.74) is 5.65. The number of carbonyl (C=O) groups is 1. The minimum Gasteiger partial charge on any atom is -0.480 e. The van der Waals surface area contributed by atoms with Gasteiger partial charge in [-0.3, -0.25) is 0 Å². The maximum atomic E-state index is 13.0. The van der Waals surface area contributed by atoms with E-state index in [1.807, 2.05) is 0 Å². The number of nitrogens with two attached hydrogens (primary N) is 1. The monoisotopic (exact) mass is 209 g/mol. The van der Waals surface area contributed by atoms with Crippen molar-refractivity contribution in [2.24, 2.45) is 11.7 Å². The van der Waals surface area contributed by atoms with E-state index in [0.29, 0.717) is 12.0 Å². The highest BCUT2D eigenvalue weighted by molar-refractivity contribution is 5.82. The second-order valence-corrected chi connectivity index (χ2v) is 4.08. The van der Waals surface area contributed by atoms with Crippen LogP contribution in [0.5, 0.6) is 0 Å². The van der Waals surface area contributed by atoms with Crippen LogP contribution in [0.4, 0.5) is 4.39 Å². The van der Waals surface area contributed by atoms with Gasteiger partial charge in [0.05, 0.1) is 0 Å². The summed E-state index contributed by atoms with van der Waals surface area (Å²) in [6.07, 6.45) is 0.582. The Morgan fingerprint density at radius 1 is 1.67 bits per heavy atom. The first kappa shape index (κ1) is 10.1. The normalized spacial score (nSPS) is 28.9. The zero-order valence-electron chi connectivity index (χ0n) is 8.33. The van der Waals surface area contributed by atoms with Crippen LogP contribution in [0, 0.1) is 11.7 Å². The van der Waals surface area contributed by atoms with Crippen LogP contribution in [0.15, 0.2) is 18.2 Å². The van der Waals surface area contributed by atoms with E-state index in [-0.39, 0.29) is 5.92 Å². The molecule has 0 amide bonds. The van der Waals surface area contributed by atoms with Gasteiger partial charge in [-0.25, -0.2) is 9.18 Å². The van der Waals surface area contributed by atoms with Gasteiger partial charge in [-0.2, -0.15) is 0 Å². The van der Waals surface area contributed by atoms with Crippen molar-refractivity contribution in [3.05, 3.63) is 35.1 Å². The van der Waals surface area contributed by atoms with Gasteiger partial charge in [0.2, 0.25) is 0 Å². The molecule has 0 bridgehead atoms. The van der Waals surface area contributed by atoms with Gasteiger partial charge in [-0.15, -0.1) is 0 Å². The second kappa shape index (κ2) is 3.03. The Morgan fingerprint density at radius 3 is 2.93 bits per heavy atom. The molecule has 3 N–H and O–H groups in total. The Bertz CT molecular complexity index is 433. The third-order valence-electron chi connectivity index (χ3n) is 3.17. The third kappa shape index (κ3) is 1.25. The third-order valence-corrected chi connectivity index (χ3v) is 3.17. The molecule has 0 heterocycles. The SMILES string of the molecule is CC1Cc2ccc(F)cc2C1(N)C(=O)O. The minimum atomic E-state index is -1.45. The molecule has 80 valence electrons. The number of rotatable bonds is 1. The van der Waals surface area contributed by atoms with Crippen LogP contribution in [0.3, 0.4) is 0 Å². The van der Waals surface area contributed by atoms with E-state index in [1.54, 1.807) is 13.0 Å². The molecule has 3 nitrogen and oxygen atoms in total. The Hall–Kier alpha value is -1.42. The van der Waals surface area contributed by atoms with Crippen molar-refractivity contribution in [3.63, 3.8) is 0 Å². The predicted octanol–water partition coefficient (Wildman–Crippen LogP) is 1.26. The lowest BCUT2D eigenvalue weighted by Gasteiger charge is -2.24. The van der Waals surface area contributed by atoms with Crippen molar-refractivity contribution >= 4 is 5.97 Å². The van der Waals surface area contributed by atoms with Gasteiger partial charge in [-0.05, 0) is 35.6 Å². The van der Waals surface area contributed by atoms with E-state index in [1.165, 1.54) is 12.1 Å². The van der Waals surface area contributed by atoms with Crippen LogP contribution in [-0.4, -0.2) is 11.1 Å². The predicted molar refractivity (Wildman–Crippen MR) is 52.8 cm³/mol. The first-order chi connectivity index (χ1) is 6.96. The molecule has 2 unspecified atom stereocenters. The van der Waals surface area contributed by atoms with E-state index in [4.69, 9.17) is 10.8 Å². The topological polar surface area (TPSA) is 63.3 Å². The molecule has 4 heteroatoms. The van der Waals surface area contributed by atoms with E-state index >= 15 is 0 Å². The minimum absolute atomic E-state index is 0.216.